The zero-order valence-corrected chi connectivity index (χ0v) is 14.2. The Hall–Kier alpha value is -1.52. The largest absolute Gasteiger partial charge is 0.478 e. The molecule has 0 aromatic rings. The summed E-state index contributed by atoms with van der Waals surface area (Å²) in [5.41, 5.74) is 0. The monoisotopic (exact) mass is 380 g/mol. The normalized spacial score (nSPS) is 14.9. The molecule has 1 unspecified atom stereocenters. The highest BCUT2D eigenvalue weighted by atomic mass is 28.3. The van der Waals surface area contributed by atoms with Gasteiger partial charge in [0.2, 0.25) is 0 Å². The lowest BCUT2D eigenvalue weighted by Gasteiger charge is -2.31. The second-order valence-electron chi connectivity index (χ2n) is 6.31. The molecular weight excluding hydrogens is 362 g/mol. The van der Waals surface area contributed by atoms with Crippen LogP contribution in [-0.2, 0) is 14.3 Å². The van der Waals surface area contributed by atoms with Crippen LogP contribution in [0.2, 0.25) is 25.7 Å². The van der Waals surface area contributed by atoms with Gasteiger partial charge in [0.1, 0.15) is 6.10 Å². The lowest BCUT2D eigenvalue weighted by molar-refractivity contribution is -0.307. The Morgan fingerprint density at radius 3 is 1.83 bits per heavy atom. The standard InChI is InChI=1S/C13H18F6O4Si/c1-24(2,3)7-6-8(23-10(22)5-4-9(20)21)11(12(14,15)16)13(17,18)19/h4-5,8,11H,6-7H2,1-3H3,(H,20,21)/b5-4+. The van der Waals surface area contributed by atoms with E-state index in [-0.39, 0.29) is 18.2 Å². The molecule has 0 spiro atoms. The molecule has 24 heavy (non-hydrogen) atoms. The fourth-order valence-electron chi connectivity index (χ4n) is 1.80. The average Bonchev–Trinajstić information content (AvgIpc) is 2.28. The molecule has 0 aliphatic rings. The summed E-state index contributed by atoms with van der Waals surface area (Å²) in [6.45, 7) is 5.23. The molecule has 1 N–H and O–H groups in total. The number of rotatable bonds is 7. The summed E-state index contributed by atoms with van der Waals surface area (Å²) in [6.07, 6.45) is -13.9. The molecule has 0 saturated heterocycles. The predicted molar refractivity (Wildman–Crippen MR) is 75.0 cm³/mol. The van der Waals surface area contributed by atoms with Gasteiger partial charge in [-0.3, -0.25) is 0 Å². The molecule has 0 saturated carbocycles. The van der Waals surface area contributed by atoms with Crippen LogP contribution in [0.4, 0.5) is 26.3 Å². The van der Waals surface area contributed by atoms with Gasteiger partial charge in [0, 0.05) is 20.2 Å². The average molecular weight is 380 g/mol. The number of carbonyl (C=O) groups is 2. The van der Waals surface area contributed by atoms with Gasteiger partial charge < -0.3 is 9.84 Å². The van der Waals surface area contributed by atoms with E-state index in [2.05, 4.69) is 4.74 Å². The van der Waals surface area contributed by atoms with Crippen LogP contribution in [0.1, 0.15) is 6.42 Å². The lowest BCUT2D eigenvalue weighted by Crippen LogP contribution is -2.47. The van der Waals surface area contributed by atoms with E-state index in [1.807, 2.05) is 0 Å². The zero-order valence-electron chi connectivity index (χ0n) is 13.2. The molecule has 0 aliphatic carbocycles. The summed E-state index contributed by atoms with van der Waals surface area (Å²) >= 11 is 0. The number of carboxylic acid groups (broad SMARTS) is 1. The summed E-state index contributed by atoms with van der Waals surface area (Å²) in [6, 6.07) is 0.0657. The van der Waals surface area contributed by atoms with Gasteiger partial charge in [0.05, 0.1) is 0 Å². The number of halogens is 6. The third-order valence-corrected chi connectivity index (χ3v) is 4.67. The van der Waals surface area contributed by atoms with Crippen LogP contribution in [0.5, 0.6) is 0 Å². The molecule has 11 heteroatoms. The molecule has 0 aromatic carbocycles. The van der Waals surface area contributed by atoms with Crippen molar-refractivity contribution in [3.05, 3.63) is 12.2 Å². The number of hydrogen-bond acceptors (Lipinski definition) is 3. The van der Waals surface area contributed by atoms with Gasteiger partial charge in [-0.05, 0) is 6.42 Å². The molecule has 4 nitrogen and oxygen atoms in total. The number of aliphatic carboxylic acids is 1. The van der Waals surface area contributed by atoms with Gasteiger partial charge >= 0.3 is 24.3 Å². The Kier molecular flexibility index (Phi) is 7.53. The van der Waals surface area contributed by atoms with Gasteiger partial charge in [0.25, 0.3) is 0 Å². The fourth-order valence-corrected chi connectivity index (χ4v) is 2.95. The molecule has 1 atom stereocenters. The molecule has 0 aromatic heterocycles. The van der Waals surface area contributed by atoms with Crippen molar-refractivity contribution in [2.24, 2.45) is 5.92 Å². The van der Waals surface area contributed by atoms with Crippen molar-refractivity contribution in [2.45, 2.75) is 50.6 Å². The maximum atomic E-state index is 12.8. The Morgan fingerprint density at radius 2 is 1.50 bits per heavy atom. The van der Waals surface area contributed by atoms with E-state index in [0.717, 1.165) is 0 Å². The van der Waals surface area contributed by atoms with Crippen molar-refractivity contribution >= 4 is 20.0 Å². The minimum absolute atomic E-state index is 0.0657. The first kappa shape index (κ1) is 22.5. The first-order valence-corrected chi connectivity index (χ1v) is 10.5. The summed E-state index contributed by atoms with van der Waals surface area (Å²) < 4.78 is 81.3. The summed E-state index contributed by atoms with van der Waals surface area (Å²) in [7, 11) is -2.01. The maximum Gasteiger partial charge on any atom is 0.404 e. The third kappa shape index (κ3) is 8.94. The summed E-state index contributed by atoms with van der Waals surface area (Å²) in [5, 5.41) is 8.33. The third-order valence-electron chi connectivity index (χ3n) is 2.89. The Labute approximate surface area is 135 Å². The molecule has 0 aliphatic heterocycles. The van der Waals surface area contributed by atoms with Crippen molar-refractivity contribution in [1.82, 2.24) is 0 Å². The maximum absolute atomic E-state index is 12.8. The predicted octanol–water partition coefficient (Wildman–Crippen LogP) is 4.01. The Bertz CT molecular complexity index is 464. The van der Waals surface area contributed by atoms with Crippen LogP contribution >= 0.6 is 0 Å². The highest BCUT2D eigenvalue weighted by Crippen LogP contribution is 2.44. The summed E-state index contributed by atoms with van der Waals surface area (Å²) in [4.78, 5) is 21.6. The highest BCUT2D eigenvalue weighted by molar-refractivity contribution is 6.76. The van der Waals surface area contributed by atoms with E-state index >= 15 is 0 Å². The molecular formula is C13H18F6O4Si. The molecule has 0 amide bonds. The molecule has 0 bridgehead atoms. The number of carboxylic acids is 1. The summed E-state index contributed by atoms with van der Waals surface area (Å²) in [5.74, 6) is -6.99. The molecule has 0 rings (SSSR count). The number of carbonyl (C=O) groups excluding carboxylic acids is 1. The first-order valence-electron chi connectivity index (χ1n) is 6.79. The zero-order chi connectivity index (χ0) is 19.3. The second kappa shape index (κ2) is 8.04. The first-order chi connectivity index (χ1) is 10.5. The van der Waals surface area contributed by atoms with E-state index in [9.17, 15) is 35.9 Å². The van der Waals surface area contributed by atoms with Gasteiger partial charge in [-0.1, -0.05) is 25.7 Å². The Balaban J connectivity index is 5.50. The van der Waals surface area contributed by atoms with Crippen molar-refractivity contribution < 1.29 is 45.8 Å². The smallest absolute Gasteiger partial charge is 0.404 e. The topological polar surface area (TPSA) is 63.6 Å². The van der Waals surface area contributed by atoms with Gasteiger partial charge in [-0.2, -0.15) is 26.3 Å². The molecule has 0 radical (unpaired) electrons. The molecule has 0 heterocycles. The van der Waals surface area contributed by atoms with E-state index in [4.69, 9.17) is 5.11 Å². The van der Waals surface area contributed by atoms with Gasteiger partial charge in [0.15, 0.2) is 5.92 Å². The highest BCUT2D eigenvalue weighted by Gasteiger charge is 2.61. The lowest BCUT2D eigenvalue weighted by atomic mass is 9.98. The fraction of sp³-hybridized carbons (Fsp3) is 0.692. The second-order valence-corrected chi connectivity index (χ2v) is 11.9. The SMILES string of the molecule is C[Si](C)(C)CCC(OC(=O)/C=C/C(=O)O)C(C(F)(F)F)C(F)(F)F. The molecule has 0 fully saturated rings. The number of esters is 1. The van der Waals surface area contributed by atoms with Crippen LogP contribution in [0.15, 0.2) is 12.2 Å². The number of hydrogen-bond donors (Lipinski definition) is 1. The van der Waals surface area contributed by atoms with Crippen molar-refractivity contribution in [3.8, 4) is 0 Å². The van der Waals surface area contributed by atoms with Crippen LogP contribution in [0.3, 0.4) is 0 Å². The van der Waals surface area contributed by atoms with Crippen molar-refractivity contribution in [3.63, 3.8) is 0 Å². The van der Waals surface area contributed by atoms with E-state index < -0.39 is 50.8 Å². The number of ether oxygens (including phenoxy) is 1. The Morgan fingerprint density at radius 1 is 1.04 bits per heavy atom. The van der Waals surface area contributed by atoms with Gasteiger partial charge in [-0.25, -0.2) is 9.59 Å². The minimum Gasteiger partial charge on any atom is -0.478 e. The van der Waals surface area contributed by atoms with E-state index in [1.165, 1.54) is 0 Å². The van der Waals surface area contributed by atoms with Crippen LogP contribution in [0, 0.1) is 5.92 Å². The van der Waals surface area contributed by atoms with Crippen molar-refractivity contribution in [1.29, 1.82) is 0 Å². The van der Waals surface area contributed by atoms with E-state index in [0.29, 0.717) is 0 Å². The quantitative estimate of drug-likeness (QED) is 0.314. The molecule has 140 valence electrons. The van der Waals surface area contributed by atoms with Crippen molar-refractivity contribution in [2.75, 3.05) is 0 Å². The van der Waals surface area contributed by atoms with E-state index in [1.54, 1.807) is 19.6 Å². The van der Waals surface area contributed by atoms with Crippen LogP contribution in [-0.4, -0.2) is 43.6 Å². The minimum atomic E-state index is -5.65. The van der Waals surface area contributed by atoms with Gasteiger partial charge in [-0.15, -0.1) is 0 Å². The number of alkyl halides is 6. The van der Waals surface area contributed by atoms with Crippen LogP contribution < -0.4 is 0 Å². The van der Waals surface area contributed by atoms with Crippen LogP contribution in [0.25, 0.3) is 0 Å².